The number of aliphatic hydroxyl groups is 1. The average molecular weight is 801 g/mol. The summed E-state index contributed by atoms with van der Waals surface area (Å²) in [5.41, 5.74) is 0. The molecule has 0 spiro atoms. The minimum Gasteiger partial charge on any atom is -0.480 e. The van der Waals surface area contributed by atoms with Crippen LogP contribution in [0.4, 0.5) is 0 Å². The highest BCUT2D eigenvalue weighted by Gasteiger charge is 2.19. The number of ether oxygens (including phenoxy) is 1. The van der Waals surface area contributed by atoms with Crippen molar-refractivity contribution in [3.8, 4) is 0 Å². The number of esters is 1. The summed E-state index contributed by atoms with van der Waals surface area (Å²) in [6.07, 6.45) is 49.9. The van der Waals surface area contributed by atoms with Crippen LogP contribution < -0.4 is 10.6 Å². The van der Waals surface area contributed by atoms with Gasteiger partial charge in [0.2, 0.25) is 11.8 Å². The van der Waals surface area contributed by atoms with Crippen LogP contribution in [0.2, 0.25) is 0 Å². The molecule has 0 aliphatic carbocycles. The SMILES string of the molecule is CC/C=C\C/C=C\C/C=C\C/C=C\CCCCC(=O)OC(CCCCCCCCCCCCCCCC)CCCCCCCC(=O)NCC(=O)NC(CO)C(=O)O. The molecule has 9 heteroatoms. The number of amides is 2. The molecule has 328 valence electrons. The van der Waals surface area contributed by atoms with Gasteiger partial charge in [0, 0.05) is 12.8 Å². The summed E-state index contributed by atoms with van der Waals surface area (Å²) in [6, 6.07) is -1.39. The number of carboxylic acids is 1. The molecule has 2 amide bonds. The Bertz CT molecular complexity index is 1100. The van der Waals surface area contributed by atoms with Gasteiger partial charge in [-0.3, -0.25) is 14.4 Å². The van der Waals surface area contributed by atoms with Gasteiger partial charge in [-0.1, -0.05) is 165 Å². The molecule has 0 aromatic heterocycles. The summed E-state index contributed by atoms with van der Waals surface area (Å²) < 4.78 is 6.03. The maximum Gasteiger partial charge on any atom is 0.328 e. The van der Waals surface area contributed by atoms with E-state index in [1.54, 1.807) is 0 Å². The molecule has 2 unspecified atom stereocenters. The van der Waals surface area contributed by atoms with Crippen LogP contribution in [0.1, 0.15) is 206 Å². The van der Waals surface area contributed by atoms with Crippen LogP contribution in [0.15, 0.2) is 48.6 Å². The van der Waals surface area contributed by atoms with Crippen molar-refractivity contribution in [3.05, 3.63) is 48.6 Å². The van der Waals surface area contributed by atoms with E-state index in [-0.39, 0.29) is 30.9 Å². The molecule has 4 N–H and O–H groups in total. The zero-order valence-corrected chi connectivity index (χ0v) is 36.3. The van der Waals surface area contributed by atoms with Gasteiger partial charge in [0.1, 0.15) is 12.1 Å². The molecule has 0 aromatic rings. The minimum atomic E-state index is -1.39. The lowest BCUT2D eigenvalue weighted by molar-refractivity contribution is -0.150. The van der Waals surface area contributed by atoms with Crippen LogP contribution in [0.25, 0.3) is 0 Å². The number of allylic oxidation sites excluding steroid dienone is 8. The van der Waals surface area contributed by atoms with Gasteiger partial charge in [-0.15, -0.1) is 0 Å². The van der Waals surface area contributed by atoms with E-state index in [0.717, 1.165) is 89.9 Å². The van der Waals surface area contributed by atoms with E-state index in [4.69, 9.17) is 14.9 Å². The number of aliphatic hydroxyl groups excluding tert-OH is 1. The van der Waals surface area contributed by atoms with Crippen molar-refractivity contribution in [1.82, 2.24) is 10.6 Å². The molecule has 0 aliphatic rings. The van der Waals surface area contributed by atoms with Crippen molar-refractivity contribution in [3.63, 3.8) is 0 Å². The highest BCUT2D eigenvalue weighted by molar-refractivity contribution is 5.87. The molecule has 0 bridgehead atoms. The first-order chi connectivity index (χ1) is 27.8. The third kappa shape index (κ3) is 39.4. The molecule has 57 heavy (non-hydrogen) atoms. The molecule has 0 aromatic carbocycles. The van der Waals surface area contributed by atoms with E-state index in [0.29, 0.717) is 12.8 Å². The van der Waals surface area contributed by atoms with E-state index >= 15 is 0 Å². The molecular weight excluding hydrogens is 717 g/mol. The van der Waals surface area contributed by atoms with Gasteiger partial charge in [-0.05, 0) is 77.0 Å². The largest absolute Gasteiger partial charge is 0.480 e. The Hall–Kier alpha value is -3.20. The molecule has 0 saturated carbocycles. The fraction of sp³-hybridized carbons (Fsp3) is 0.750. The van der Waals surface area contributed by atoms with Crippen molar-refractivity contribution >= 4 is 23.8 Å². The van der Waals surface area contributed by atoms with Crippen LogP contribution in [-0.4, -0.2) is 59.3 Å². The van der Waals surface area contributed by atoms with E-state index in [1.165, 1.54) is 83.5 Å². The Morgan fingerprint density at radius 3 is 1.49 bits per heavy atom. The van der Waals surface area contributed by atoms with Crippen LogP contribution >= 0.6 is 0 Å². The number of carboxylic acid groups (broad SMARTS) is 1. The minimum absolute atomic E-state index is 0.0346. The molecule has 0 saturated heterocycles. The first-order valence-corrected chi connectivity index (χ1v) is 23.0. The fourth-order valence-corrected chi connectivity index (χ4v) is 6.59. The van der Waals surface area contributed by atoms with Crippen molar-refractivity contribution < 1.29 is 34.1 Å². The Labute approximate surface area is 348 Å². The summed E-state index contributed by atoms with van der Waals surface area (Å²) in [5.74, 6) is -2.33. The average Bonchev–Trinajstić information content (AvgIpc) is 3.20. The Balaban J connectivity index is 4.40. The van der Waals surface area contributed by atoms with Crippen LogP contribution in [0, 0.1) is 0 Å². The molecular formula is C48H84N2O7. The summed E-state index contributed by atoms with van der Waals surface area (Å²) >= 11 is 0. The van der Waals surface area contributed by atoms with E-state index in [2.05, 4.69) is 73.1 Å². The number of aliphatic carboxylic acids is 1. The normalized spacial score (nSPS) is 12.9. The van der Waals surface area contributed by atoms with Crippen LogP contribution in [0.5, 0.6) is 0 Å². The fourth-order valence-electron chi connectivity index (χ4n) is 6.59. The lowest BCUT2D eigenvalue weighted by Gasteiger charge is -2.18. The third-order valence-corrected chi connectivity index (χ3v) is 10.1. The van der Waals surface area contributed by atoms with E-state index in [9.17, 15) is 19.2 Å². The van der Waals surface area contributed by atoms with Crippen LogP contribution in [-0.2, 0) is 23.9 Å². The number of hydrogen-bond acceptors (Lipinski definition) is 6. The summed E-state index contributed by atoms with van der Waals surface area (Å²) in [4.78, 5) is 47.6. The summed E-state index contributed by atoms with van der Waals surface area (Å²) in [6.45, 7) is 3.37. The lowest BCUT2D eigenvalue weighted by Crippen LogP contribution is -2.47. The number of carbonyl (C=O) groups is 4. The lowest BCUT2D eigenvalue weighted by atomic mass is 10.0. The molecule has 0 radical (unpaired) electrons. The van der Waals surface area contributed by atoms with Crippen molar-refractivity contribution in [2.24, 2.45) is 0 Å². The van der Waals surface area contributed by atoms with Crippen LogP contribution in [0.3, 0.4) is 0 Å². The number of rotatable bonds is 41. The zero-order chi connectivity index (χ0) is 41.9. The van der Waals surface area contributed by atoms with E-state index in [1.807, 2.05) is 0 Å². The number of unbranched alkanes of at least 4 members (excludes halogenated alkanes) is 19. The topological polar surface area (TPSA) is 142 Å². The zero-order valence-electron chi connectivity index (χ0n) is 36.3. The van der Waals surface area contributed by atoms with Gasteiger partial charge in [-0.2, -0.15) is 0 Å². The molecule has 0 heterocycles. The number of nitrogens with one attached hydrogen (secondary N) is 2. The Morgan fingerprint density at radius 2 is 1.00 bits per heavy atom. The molecule has 9 nitrogen and oxygen atoms in total. The van der Waals surface area contributed by atoms with Gasteiger partial charge in [-0.25, -0.2) is 4.79 Å². The summed E-state index contributed by atoms with van der Waals surface area (Å²) in [5, 5.41) is 22.6. The van der Waals surface area contributed by atoms with Gasteiger partial charge in [0.15, 0.2) is 0 Å². The monoisotopic (exact) mass is 801 g/mol. The number of hydrogen-bond donors (Lipinski definition) is 4. The number of carbonyl (C=O) groups excluding carboxylic acids is 3. The Morgan fingerprint density at radius 1 is 0.544 bits per heavy atom. The maximum atomic E-state index is 12.8. The van der Waals surface area contributed by atoms with Crippen molar-refractivity contribution in [2.45, 2.75) is 219 Å². The molecule has 0 fully saturated rings. The smallest absolute Gasteiger partial charge is 0.328 e. The predicted molar refractivity (Wildman–Crippen MR) is 236 cm³/mol. The predicted octanol–water partition coefficient (Wildman–Crippen LogP) is 11.5. The second kappa shape index (κ2) is 42.4. The highest BCUT2D eigenvalue weighted by Crippen LogP contribution is 2.19. The highest BCUT2D eigenvalue weighted by atomic mass is 16.5. The van der Waals surface area contributed by atoms with Gasteiger partial charge in [0.25, 0.3) is 0 Å². The van der Waals surface area contributed by atoms with E-state index < -0.39 is 24.5 Å². The van der Waals surface area contributed by atoms with Gasteiger partial charge < -0.3 is 25.6 Å². The first kappa shape index (κ1) is 53.8. The standard InChI is InChI=1S/C48H84N2O7/c1-3-5-7-9-11-13-15-17-19-21-23-25-27-32-36-40-47(54)57-43(37-33-29-26-24-22-20-18-16-14-12-10-8-6-4-2)38-34-30-28-31-35-39-45(52)49-41-46(53)50-44(42-51)48(55)56/h5,7,11,13,17,19,23,25,43-44,51H,3-4,6,8-10,12,14-16,18,20-22,24,26-42H2,1-2H3,(H,49,52)(H,50,53)(H,55,56)/b7-5-,13-11-,19-17-,25-23-. The molecule has 0 aliphatic heterocycles. The summed E-state index contributed by atoms with van der Waals surface area (Å²) in [7, 11) is 0. The quantitative estimate of drug-likeness (QED) is 0.0274. The second-order valence-electron chi connectivity index (χ2n) is 15.5. The first-order valence-electron chi connectivity index (χ1n) is 23.0. The maximum absolute atomic E-state index is 12.8. The molecule has 0 rings (SSSR count). The second-order valence-corrected chi connectivity index (χ2v) is 15.5. The van der Waals surface area contributed by atoms with Crippen molar-refractivity contribution in [2.75, 3.05) is 13.2 Å². The molecule has 2 atom stereocenters. The van der Waals surface area contributed by atoms with Gasteiger partial charge >= 0.3 is 11.9 Å². The Kier molecular flexibility index (Phi) is 40.0. The van der Waals surface area contributed by atoms with Crippen molar-refractivity contribution in [1.29, 1.82) is 0 Å². The third-order valence-electron chi connectivity index (χ3n) is 10.1. The van der Waals surface area contributed by atoms with Gasteiger partial charge in [0.05, 0.1) is 13.2 Å².